The van der Waals surface area contributed by atoms with Crippen molar-refractivity contribution >= 4 is 0 Å². The molecule has 0 radical (unpaired) electrons. The van der Waals surface area contributed by atoms with Gasteiger partial charge in [-0.15, -0.1) is 0 Å². The summed E-state index contributed by atoms with van der Waals surface area (Å²) in [5, 5.41) is 0. The van der Waals surface area contributed by atoms with Gasteiger partial charge in [-0.25, -0.2) is 0 Å². The minimum atomic E-state index is -0.407. The molecule has 3 nitrogen and oxygen atoms in total. The van der Waals surface area contributed by atoms with E-state index in [2.05, 4.69) is 19.9 Å². The molecule has 0 saturated carbocycles. The van der Waals surface area contributed by atoms with E-state index in [1.807, 2.05) is 13.8 Å². The van der Waals surface area contributed by atoms with Crippen LogP contribution >= 0.6 is 0 Å². The van der Waals surface area contributed by atoms with Crippen molar-refractivity contribution in [1.82, 2.24) is 0 Å². The van der Waals surface area contributed by atoms with E-state index in [-0.39, 0.29) is 17.8 Å². The minimum Gasteiger partial charge on any atom is -0.375 e. The van der Waals surface area contributed by atoms with E-state index in [4.69, 9.17) is 14.2 Å². The lowest BCUT2D eigenvalue weighted by Gasteiger charge is -2.35. The summed E-state index contributed by atoms with van der Waals surface area (Å²) in [5.41, 5.74) is 1.58. The first-order valence-electron chi connectivity index (χ1n) is 7.52. The number of hydrogen-bond donors (Lipinski definition) is 0. The van der Waals surface area contributed by atoms with Crippen LogP contribution in [0.3, 0.4) is 0 Å². The number of rotatable bonds is 2. The van der Waals surface area contributed by atoms with Gasteiger partial charge < -0.3 is 14.2 Å². The van der Waals surface area contributed by atoms with Crippen LogP contribution in [-0.2, 0) is 14.2 Å². The summed E-state index contributed by atoms with van der Waals surface area (Å²) in [7, 11) is 0. The van der Waals surface area contributed by atoms with E-state index in [9.17, 15) is 0 Å². The molecule has 3 atom stereocenters. The van der Waals surface area contributed by atoms with E-state index in [0.717, 1.165) is 25.9 Å². The van der Waals surface area contributed by atoms with Crippen molar-refractivity contribution in [3.8, 4) is 0 Å². The van der Waals surface area contributed by atoms with Crippen molar-refractivity contribution in [2.24, 2.45) is 5.92 Å². The Morgan fingerprint density at radius 1 is 1.21 bits per heavy atom. The molecule has 0 aromatic heterocycles. The largest absolute Gasteiger partial charge is 0.375 e. The Bertz CT molecular complexity index is 373. The Balaban J connectivity index is 1.53. The zero-order valence-electron chi connectivity index (χ0n) is 12.6. The van der Waals surface area contributed by atoms with Crippen LogP contribution in [0.1, 0.15) is 53.4 Å². The first-order valence-corrected chi connectivity index (χ1v) is 7.52. The average Bonchev–Trinajstić information content (AvgIpc) is 2.74. The maximum atomic E-state index is 5.93. The number of fused-ring (bicyclic) bond motifs is 1. The van der Waals surface area contributed by atoms with Crippen molar-refractivity contribution in [1.29, 1.82) is 0 Å². The van der Waals surface area contributed by atoms with Crippen molar-refractivity contribution in [2.45, 2.75) is 77.0 Å². The van der Waals surface area contributed by atoms with E-state index in [1.165, 1.54) is 12.0 Å². The lowest BCUT2D eigenvalue weighted by atomic mass is 9.87. The van der Waals surface area contributed by atoms with E-state index in [1.54, 1.807) is 0 Å². The van der Waals surface area contributed by atoms with Gasteiger partial charge in [0.15, 0.2) is 5.79 Å². The third-order valence-corrected chi connectivity index (χ3v) is 4.50. The highest BCUT2D eigenvalue weighted by Crippen LogP contribution is 2.40. The second-order valence-electron chi connectivity index (χ2n) is 7.35. The Labute approximate surface area is 116 Å². The minimum absolute atomic E-state index is 0.0767. The lowest BCUT2D eigenvalue weighted by Crippen LogP contribution is -2.33. The first kappa shape index (κ1) is 13.6. The van der Waals surface area contributed by atoms with Crippen LogP contribution in [0.15, 0.2) is 11.6 Å². The summed E-state index contributed by atoms with van der Waals surface area (Å²) in [6.07, 6.45) is 7.32. The standard InChI is InChI=1S/C16H26O3/c1-15(2)6-5-11(10-17-15)7-12-8-13-14(9-12)19-16(3,4)18-13/h8,11,13-14H,5-7,9-10H2,1-4H3. The SMILES string of the molecule is CC1(C)CCC(CC2=CC3OC(C)(C)OC3C2)CO1. The van der Waals surface area contributed by atoms with E-state index < -0.39 is 5.79 Å². The van der Waals surface area contributed by atoms with Gasteiger partial charge in [0.05, 0.1) is 18.3 Å². The number of hydrogen-bond acceptors (Lipinski definition) is 3. The molecular weight excluding hydrogens is 240 g/mol. The molecule has 2 fully saturated rings. The van der Waals surface area contributed by atoms with Crippen LogP contribution in [0.4, 0.5) is 0 Å². The quantitative estimate of drug-likeness (QED) is 0.717. The normalized spacial score (nSPS) is 40.0. The van der Waals surface area contributed by atoms with Crippen LogP contribution < -0.4 is 0 Å². The molecule has 2 aliphatic heterocycles. The Kier molecular flexibility index (Phi) is 3.27. The van der Waals surface area contributed by atoms with Gasteiger partial charge in [-0.1, -0.05) is 11.6 Å². The van der Waals surface area contributed by atoms with Crippen LogP contribution in [-0.4, -0.2) is 30.2 Å². The van der Waals surface area contributed by atoms with Gasteiger partial charge in [-0.05, 0) is 59.3 Å². The van der Waals surface area contributed by atoms with Crippen molar-refractivity contribution in [3.63, 3.8) is 0 Å². The Morgan fingerprint density at radius 3 is 2.63 bits per heavy atom. The summed E-state index contributed by atoms with van der Waals surface area (Å²) < 4.78 is 17.7. The second kappa shape index (κ2) is 4.57. The third-order valence-electron chi connectivity index (χ3n) is 4.50. The van der Waals surface area contributed by atoms with E-state index >= 15 is 0 Å². The zero-order chi connectivity index (χ0) is 13.7. The van der Waals surface area contributed by atoms with Crippen molar-refractivity contribution in [2.75, 3.05) is 6.61 Å². The molecule has 2 heterocycles. The summed E-state index contributed by atoms with van der Waals surface area (Å²) in [5.74, 6) is 0.265. The van der Waals surface area contributed by atoms with Gasteiger partial charge in [0.1, 0.15) is 6.10 Å². The topological polar surface area (TPSA) is 27.7 Å². The van der Waals surface area contributed by atoms with Crippen LogP contribution in [0.5, 0.6) is 0 Å². The Morgan fingerprint density at radius 2 is 2.00 bits per heavy atom. The molecule has 0 spiro atoms. The van der Waals surface area contributed by atoms with Gasteiger partial charge in [0, 0.05) is 0 Å². The maximum Gasteiger partial charge on any atom is 0.164 e. The third kappa shape index (κ3) is 3.04. The van der Waals surface area contributed by atoms with Crippen molar-refractivity contribution in [3.05, 3.63) is 11.6 Å². The first-order chi connectivity index (χ1) is 8.83. The van der Waals surface area contributed by atoms with Gasteiger partial charge >= 0.3 is 0 Å². The fourth-order valence-electron chi connectivity index (χ4n) is 3.45. The lowest BCUT2D eigenvalue weighted by molar-refractivity contribution is -0.144. The van der Waals surface area contributed by atoms with Gasteiger partial charge in [-0.3, -0.25) is 0 Å². The highest BCUT2D eigenvalue weighted by Gasteiger charge is 2.43. The van der Waals surface area contributed by atoms with Crippen molar-refractivity contribution < 1.29 is 14.2 Å². The molecule has 108 valence electrons. The predicted octanol–water partition coefficient (Wildman–Crippen LogP) is 3.43. The van der Waals surface area contributed by atoms with Crippen LogP contribution in [0.25, 0.3) is 0 Å². The molecule has 0 aromatic carbocycles. The van der Waals surface area contributed by atoms with E-state index in [0.29, 0.717) is 5.92 Å². The highest BCUT2D eigenvalue weighted by molar-refractivity contribution is 5.19. The van der Waals surface area contributed by atoms with Gasteiger partial charge in [0.2, 0.25) is 0 Å². The molecule has 0 N–H and O–H groups in total. The summed E-state index contributed by atoms with van der Waals surface area (Å²) >= 11 is 0. The monoisotopic (exact) mass is 266 g/mol. The van der Waals surface area contributed by atoms with Gasteiger partial charge in [-0.2, -0.15) is 0 Å². The summed E-state index contributed by atoms with van der Waals surface area (Å²) in [6, 6.07) is 0. The fourth-order valence-corrected chi connectivity index (χ4v) is 3.45. The maximum absolute atomic E-state index is 5.93. The molecule has 3 heteroatoms. The molecule has 1 aliphatic carbocycles. The van der Waals surface area contributed by atoms with Crippen LogP contribution in [0.2, 0.25) is 0 Å². The molecule has 19 heavy (non-hydrogen) atoms. The molecule has 0 aromatic rings. The second-order valence-corrected chi connectivity index (χ2v) is 7.35. The molecule has 3 rings (SSSR count). The summed E-state index contributed by atoms with van der Waals surface area (Å²) in [4.78, 5) is 0. The Hall–Kier alpha value is -0.380. The molecule has 0 bridgehead atoms. The average molecular weight is 266 g/mol. The summed E-state index contributed by atoms with van der Waals surface area (Å²) in [6.45, 7) is 9.26. The zero-order valence-corrected chi connectivity index (χ0v) is 12.6. The molecular formula is C16H26O3. The predicted molar refractivity (Wildman–Crippen MR) is 73.9 cm³/mol. The highest BCUT2D eigenvalue weighted by atomic mass is 16.7. The molecule has 0 amide bonds. The van der Waals surface area contributed by atoms with Crippen LogP contribution in [0, 0.1) is 5.92 Å². The number of ether oxygens (including phenoxy) is 3. The fraction of sp³-hybridized carbons (Fsp3) is 0.875. The smallest absolute Gasteiger partial charge is 0.164 e. The molecule has 3 aliphatic rings. The molecule has 2 saturated heterocycles. The molecule has 3 unspecified atom stereocenters. The van der Waals surface area contributed by atoms with Gasteiger partial charge in [0.25, 0.3) is 0 Å².